The number of anilines is 1. The number of piperidine rings is 1. The van der Waals surface area contributed by atoms with Crippen LogP contribution in [0.5, 0.6) is 5.75 Å². The Hall–Kier alpha value is -2.86. The van der Waals surface area contributed by atoms with E-state index in [0.717, 1.165) is 5.56 Å². The standard InChI is InChI=1S/C24H31N3O3/c1-17(2)23(18-8-4-3-5-9-18)26-22(29)16-27-14-12-19(13-15-27)24(30)25-20-10-6-7-11-21(20)28/h3-11,17,19,23,28H,12-16H2,1-2H3,(H,25,30)(H,26,29)/t23-/m1/s1. The average molecular weight is 410 g/mol. The van der Waals surface area contributed by atoms with Crippen LogP contribution in [0.2, 0.25) is 0 Å². The molecule has 160 valence electrons. The third-order valence-electron chi connectivity index (χ3n) is 5.63. The first-order valence-corrected chi connectivity index (χ1v) is 10.6. The van der Waals surface area contributed by atoms with Gasteiger partial charge in [-0.2, -0.15) is 0 Å². The monoisotopic (exact) mass is 409 g/mol. The predicted octanol–water partition coefficient (Wildman–Crippen LogP) is 3.56. The number of likely N-dealkylation sites (tertiary alicyclic amines) is 1. The molecule has 6 nitrogen and oxygen atoms in total. The maximum Gasteiger partial charge on any atom is 0.234 e. The number of carbonyl (C=O) groups excluding carboxylic acids is 2. The number of nitrogens with one attached hydrogen (secondary N) is 2. The molecular formula is C24H31N3O3. The van der Waals surface area contributed by atoms with E-state index in [1.165, 1.54) is 0 Å². The van der Waals surface area contributed by atoms with E-state index in [2.05, 4.69) is 29.4 Å². The van der Waals surface area contributed by atoms with Gasteiger partial charge in [-0.3, -0.25) is 14.5 Å². The van der Waals surface area contributed by atoms with E-state index in [0.29, 0.717) is 44.1 Å². The molecule has 1 heterocycles. The zero-order valence-electron chi connectivity index (χ0n) is 17.7. The smallest absolute Gasteiger partial charge is 0.234 e. The number of para-hydroxylation sites is 2. The fraction of sp³-hybridized carbons (Fsp3) is 0.417. The van der Waals surface area contributed by atoms with Gasteiger partial charge in [0.2, 0.25) is 11.8 Å². The van der Waals surface area contributed by atoms with Gasteiger partial charge in [-0.05, 0) is 49.5 Å². The van der Waals surface area contributed by atoms with Gasteiger partial charge in [-0.25, -0.2) is 0 Å². The topological polar surface area (TPSA) is 81.7 Å². The molecule has 2 amide bonds. The van der Waals surface area contributed by atoms with Crippen LogP contribution >= 0.6 is 0 Å². The van der Waals surface area contributed by atoms with Gasteiger partial charge < -0.3 is 15.7 Å². The molecule has 6 heteroatoms. The van der Waals surface area contributed by atoms with Crippen LogP contribution in [0.3, 0.4) is 0 Å². The molecule has 30 heavy (non-hydrogen) atoms. The molecule has 1 atom stereocenters. The minimum absolute atomic E-state index is 0.00895. The zero-order chi connectivity index (χ0) is 21.5. The molecule has 1 aliphatic rings. The number of rotatable bonds is 7. The van der Waals surface area contributed by atoms with Crippen molar-refractivity contribution in [2.75, 3.05) is 25.0 Å². The Labute approximate surface area is 178 Å². The Morgan fingerprint density at radius 3 is 2.30 bits per heavy atom. The molecular weight excluding hydrogens is 378 g/mol. The van der Waals surface area contributed by atoms with Crippen molar-refractivity contribution in [3.63, 3.8) is 0 Å². The predicted molar refractivity (Wildman–Crippen MR) is 118 cm³/mol. The van der Waals surface area contributed by atoms with Gasteiger partial charge in [0.15, 0.2) is 0 Å². The summed E-state index contributed by atoms with van der Waals surface area (Å²) in [6, 6.07) is 16.7. The maximum atomic E-state index is 12.6. The molecule has 0 aromatic heterocycles. The van der Waals surface area contributed by atoms with E-state index in [4.69, 9.17) is 0 Å². The molecule has 1 fully saturated rings. The number of carbonyl (C=O) groups is 2. The first-order valence-electron chi connectivity index (χ1n) is 10.6. The number of amides is 2. The van der Waals surface area contributed by atoms with Crippen molar-refractivity contribution in [2.45, 2.75) is 32.7 Å². The van der Waals surface area contributed by atoms with Crippen LogP contribution in [0, 0.1) is 11.8 Å². The molecule has 0 spiro atoms. The number of benzene rings is 2. The van der Waals surface area contributed by atoms with E-state index in [1.807, 2.05) is 30.3 Å². The van der Waals surface area contributed by atoms with Crippen LogP contribution < -0.4 is 10.6 Å². The summed E-state index contributed by atoms with van der Waals surface area (Å²) in [5.74, 6) is 0.175. The van der Waals surface area contributed by atoms with Gasteiger partial charge in [-0.15, -0.1) is 0 Å². The van der Waals surface area contributed by atoms with Gasteiger partial charge in [0.05, 0.1) is 18.3 Å². The summed E-state index contributed by atoms with van der Waals surface area (Å²) in [5.41, 5.74) is 1.55. The number of phenolic OH excluding ortho intramolecular Hbond substituents is 1. The molecule has 0 unspecified atom stereocenters. The number of hydrogen-bond donors (Lipinski definition) is 3. The average Bonchev–Trinajstić information content (AvgIpc) is 2.74. The van der Waals surface area contributed by atoms with Crippen molar-refractivity contribution in [3.05, 3.63) is 60.2 Å². The van der Waals surface area contributed by atoms with Crippen LogP contribution in [-0.2, 0) is 9.59 Å². The van der Waals surface area contributed by atoms with Crippen LogP contribution in [-0.4, -0.2) is 41.5 Å². The Morgan fingerprint density at radius 2 is 1.67 bits per heavy atom. The van der Waals surface area contributed by atoms with Crippen LogP contribution in [0.1, 0.15) is 38.3 Å². The molecule has 2 aromatic rings. The molecule has 0 bridgehead atoms. The number of phenols is 1. The van der Waals surface area contributed by atoms with Gasteiger partial charge in [-0.1, -0.05) is 56.3 Å². The van der Waals surface area contributed by atoms with Crippen molar-refractivity contribution < 1.29 is 14.7 Å². The first-order chi connectivity index (χ1) is 14.4. The normalized spacial score (nSPS) is 16.2. The molecule has 0 aliphatic carbocycles. The van der Waals surface area contributed by atoms with E-state index in [1.54, 1.807) is 24.3 Å². The summed E-state index contributed by atoms with van der Waals surface area (Å²) in [4.78, 5) is 27.2. The lowest BCUT2D eigenvalue weighted by Gasteiger charge is -2.31. The lowest BCUT2D eigenvalue weighted by Crippen LogP contribution is -2.44. The van der Waals surface area contributed by atoms with Gasteiger partial charge >= 0.3 is 0 Å². The highest BCUT2D eigenvalue weighted by molar-refractivity contribution is 5.93. The van der Waals surface area contributed by atoms with Gasteiger partial charge in [0, 0.05) is 5.92 Å². The highest BCUT2D eigenvalue weighted by Crippen LogP contribution is 2.25. The highest BCUT2D eigenvalue weighted by Gasteiger charge is 2.27. The second-order valence-corrected chi connectivity index (χ2v) is 8.26. The fourth-order valence-corrected chi connectivity index (χ4v) is 3.88. The summed E-state index contributed by atoms with van der Waals surface area (Å²) in [6.07, 6.45) is 1.39. The Kier molecular flexibility index (Phi) is 7.46. The SMILES string of the molecule is CC(C)[C@@H](NC(=O)CN1CCC(C(=O)Nc2ccccc2O)CC1)c1ccccc1. The Balaban J connectivity index is 1.47. The summed E-state index contributed by atoms with van der Waals surface area (Å²) in [6.45, 7) is 5.94. The summed E-state index contributed by atoms with van der Waals surface area (Å²) in [5, 5.41) is 15.8. The molecule has 2 aromatic carbocycles. The molecule has 1 saturated heterocycles. The molecule has 0 radical (unpaired) electrons. The third-order valence-corrected chi connectivity index (χ3v) is 5.63. The summed E-state index contributed by atoms with van der Waals surface area (Å²) < 4.78 is 0. The quantitative estimate of drug-likeness (QED) is 0.611. The van der Waals surface area contributed by atoms with Crippen LogP contribution in [0.4, 0.5) is 5.69 Å². The highest BCUT2D eigenvalue weighted by atomic mass is 16.3. The second kappa shape index (κ2) is 10.3. The lowest BCUT2D eigenvalue weighted by atomic mass is 9.95. The van der Waals surface area contributed by atoms with Gasteiger partial charge in [0.25, 0.3) is 0 Å². The first kappa shape index (κ1) is 21.8. The van der Waals surface area contributed by atoms with Crippen LogP contribution in [0.15, 0.2) is 54.6 Å². The van der Waals surface area contributed by atoms with Gasteiger partial charge in [0.1, 0.15) is 5.75 Å². The lowest BCUT2D eigenvalue weighted by molar-refractivity contribution is -0.124. The summed E-state index contributed by atoms with van der Waals surface area (Å²) >= 11 is 0. The zero-order valence-corrected chi connectivity index (χ0v) is 17.7. The number of hydrogen-bond acceptors (Lipinski definition) is 4. The molecule has 3 N–H and O–H groups in total. The fourth-order valence-electron chi connectivity index (χ4n) is 3.88. The summed E-state index contributed by atoms with van der Waals surface area (Å²) in [7, 11) is 0. The van der Waals surface area contributed by atoms with E-state index in [-0.39, 0.29) is 29.5 Å². The largest absolute Gasteiger partial charge is 0.506 e. The third kappa shape index (κ3) is 5.83. The van der Waals surface area contributed by atoms with E-state index < -0.39 is 0 Å². The van der Waals surface area contributed by atoms with Crippen molar-refractivity contribution in [1.82, 2.24) is 10.2 Å². The van der Waals surface area contributed by atoms with Crippen molar-refractivity contribution in [1.29, 1.82) is 0 Å². The molecule has 0 saturated carbocycles. The van der Waals surface area contributed by atoms with Crippen molar-refractivity contribution >= 4 is 17.5 Å². The molecule has 3 rings (SSSR count). The minimum atomic E-state index is -0.114. The number of nitrogens with zero attached hydrogens (tertiary/aromatic N) is 1. The van der Waals surface area contributed by atoms with E-state index >= 15 is 0 Å². The Morgan fingerprint density at radius 1 is 1.03 bits per heavy atom. The minimum Gasteiger partial charge on any atom is -0.506 e. The maximum absolute atomic E-state index is 12.6. The van der Waals surface area contributed by atoms with Crippen molar-refractivity contribution in [3.8, 4) is 5.75 Å². The number of aromatic hydroxyl groups is 1. The molecule has 1 aliphatic heterocycles. The van der Waals surface area contributed by atoms with Crippen molar-refractivity contribution in [2.24, 2.45) is 11.8 Å². The second-order valence-electron chi connectivity index (χ2n) is 8.26. The van der Waals surface area contributed by atoms with E-state index in [9.17, 15) is 14.7 Å². The van der Waals surface area contributed by atoms with Crippen LogP contribution in [0.25, 0.3) is 0 Å². The Bertz CT molecular complexity index is 846.